The van der Waals surface area contributed by atoms with E-state index in [4.69, 9.17) is 17.3 Å². The molecule has 3 nitrogen and oxygen atoms in total. The minimum atomic E-state index is 0. The molecule has 0 heterocycles. The van der Waals surface area contributed by atoms with Crippen molar-refractivity contribution in [3.8, 4) is 0 Å². The molecule has 1 aromatic rings. The second kappa shape index (κ2) is 7.20. The summed E-state index contributed by atoms with van der Waals surface area (Å²) in [7, 11) is 0. The van der Waals surface area contributed by atoms with Crippen LogP contribution in [-0.2, 0) is 4.79 Å². The molecule has 0 radical (unpaired) electrons. The highest BCUT2D eigenvalue weighted by Crippen LogP contribution is 2.42. The molecule has 2 fully saturated rings. The number of fused-ring (bicyclic) bond motifs is 2. The Hall–Kier alpha value is -0.770. The molecule has 122 valence electrons. The van der Waals surface area contributed by atoms with Crippen LogP contribution in [0.1, 0.15) is 37.7 Å². The van der Waals surface area contributed by atoms with Crippen molar-refractivity contribution in [2.45, 2.75) is 45.1 Å². The van der Waals surface area contributed by atoms with Crippen molar-refractivity contribution >= 4 is 35.6 Å². The van der Waals surface area contributed by atoms with Gasteiger partial charge < -0.3 is 11.1 Å². The summed E-state index contributed by atoms with van der Waals surface area (Å²) in [4.78, 5) is 12.6. The van der Waals surface area contributed by atoms with Gasteiger partial charge in [0, 0.05) is 12.0 Å². The number of carbonyl (C=O) groups is 1. The zero-order valence-corrected chi connectivity index (χ0v) is 14.4. The summed E-state index contributed by atoms with van der Waals surface area (Å²) in [5.41, 5.74) is 8.11. The molecule has 2 aliphatic carbocycles. The first-order valence-electron chi connectivity index (χ1n) is 7.87. The molecule has 2 atom stereocenters. The summed E-state index contributed by atoms with van der Waals surface area (Å²) in [6.45, 7) is 2.00. The maximum absolute atomic E-state index is 12.6. The molecule has 1 amide bonds. The molecule has 0 spiro atoms. The average Bonchev–Trinajstić information content (AvgIpc) is 2.42. The fraction of sp³-hybridized carbons (Fsp3) is 0.588. The highest BCUT2D eigenvalue weighted by Gasteiger charge is 2.40. The molecular weight excluding hydrogens is 319 g/mol. The number of rotatable bonds is 2. The number of anilines is 1. The first kappa shape index (κ1) is 17.6. The van der Waals surface area contributed by atoms with Crippen LogP contribution >= 0.6 is 24.0 Å². The summed E-state index contributed by atoms with van der Waals surface area (Å²) in [5.74, 6) is 1.21. The van der Waals surface area contributed by atoms with Crippen LogP contribution in [0.4, 0.5) is 5.69 Å². The second-order valence-corrected chi connectivity index (χ2v) is 7.08. The average molecular weight is 343 g/mol. The normalized spacial score (nSPS) is 30.3. The molecule has 3 rings (SSSR count). The summed E-state index contributed by atoms with van der Waals surface area (Å²) in [5, 5.41) is 3.61. The lowest BCUT2D eigenvalue weighted by Crippen LogP contribution is -2.48. The highest BCUT2D eigenvalue weighted by atomic mass is 35.5. The maximum Gasteiger partial charge on any atom is 0.227 e. The molecular formula is C17H24Cl2N2O. The fourth-order valence-corrected chi connectivity index (χ4v) is 4.14. The first-order chi connectivity index (χ1) is 10.0. The number of carbonyl (C=O) groups excluding carboxylic acids is 1. The van der Waals surface area contributed by atoms with Crippen LogP contribution in [0.3, 0.4) is 0 Å². The maximum atomic E-state index is 12.6. The van der Waals surface area contributed by atoms with E-state index in [9.17, 15) is 4.79 Å². The SMILES string of the molecule is Cc1ccc(Cl)c(NC(=O)C2CC3CCCC(C2)C3N)c1.Cl. The van der Waals surface area contributed by atoms with Gasteiger partial charge >= 0.3 is 0 Å². The highest BCUT2D eigenvalue weighted by molar-refractivity contribution is 6.33. The quantitative estimate of drug-likeness (QED) is 0.847. The summed E-state index contributed by atoms with van der Waals surface area (Å²) >= 11 is 6.16. The van der Waals surface area contributed by atoms with Gasteiger partial charge in [-0.1, -0.05) is 24.1 Å². The van der Waals surface area contributed by atoms with Gasteiger partial charge in [-0.3, -0.25) is 4.79 Å². The van der Waals surface area contributed by atoms with Crippen molar-refractivity contribution in [3.05, 3.63) is 28.8 Å². The molecule has 2 saturated carbocycles. The Kier molecular flexibility index (Phi) is 5.76. The van der Waals surface area contributed by atoms with Crippen LogP contribution in [0.15, 0.2) is 18.2 Å². The number of nitrogens with two attached hydrogens (primary N) is 1. The molecule has 0 aromatic heterocycles. The Labute approximate surface area is 143 Å². The Morgan fingerprint density at radius 1 is 1.27 bits per heavy atom. The molecule has 1 aromatic carbocycles. The van der Waals surface area contributed by atoms with Gasteiger partial charge in [-0.25, -0.2) is 0 Å². The van der Waals surface area contributed by atoms with Crippen LogP contribution in [0.2, 0.25) is 5.02 Å². The van der Waals surface area contributed by atoms with Gasteiger partial charge in [-0.05, 0) is 62.1 Å². The molecule has 22 heavy (non-hydrogen) atoms. The standard InChI is InChI=1S/C17H23ClN2O.ClH/c1-10-5-6-14(18)15(7-10)20-17(21)13-8-11-3-2-4-12(9-13)16(11)19;/h5-7,11-13,16H,2-4,8-9,19H2,1H3,(H,20,21);1H. The van der Waals surface area contributed by atoms with Crippen molar-refractivity contribution in [3.63, 3.8) is 0 Å². The Morgan fingerprint density at radius 3 is 2.55 bits per heavy atom. The third-order valence-corrected chi connectivity index (χ3v) is 5.49. The second-order valence-electron chi connectivity index (χ2n) is 6.67. The van der Waals surface area contributed by atoms with Crippen LogP contribution in [0, 0.1) is 24.7 Å². The molecule has 0 aliphatic heterocycles. The minimum absolute atomic E-state index is 0. The topological polar surface area (TPSA) is 55.1 Å². The number of benzene rings is 1. The van der Waals surface area contributed by atoms with Crippen molar-refractivity contribution < 1.29 is 4.79 Å². The van der Waals surface area contributed by atoms with Crippen LogP contribution < -0.4 is 11.1 Å². The van der Waals surface area contributed by atoms with E-state index in [0.29, 0.717) is 22.9 Å². The van der Waals surface area contributed by atoms with Crippen molar-refractivity contribution in [1.29, 1.82) is 0 Å². The lowest BCUT2D eigenvalue weighted by Gasteiger charge is -2.43. The number of amides is 1. The molecule has 2 unspecified atom stereocenters. The van der Waals surface area contributed by atoms with Gasteiger partial charge in [0.05, 0.1) is 10.7 Å². The Bertz CT molecular complexity index is 535. The molecule has 3 N–H and O–H groups in total. The van der Waals surface area contributed by atoms with E-state index in [1.807, 2.05) is 25.1 Å². The predicted octanol–water partition coefficient (Wildman–Crippen LogP) is 4.16. The monoisotopic (exact) mass is 342 g/mol. The zero-order valence-electron chi connectivity index (χ0n) is 12.8. The minimum Gasteiger partial charge on any atom is -0.327 e. The summed E-state index contributed by atoms with van der Waals surface area (Å²) in [6, 6.07) is 6.00. The smallest absolute Gasteiger partial charge is 0.227 e. The van der Waals surface area contributed by atoms with E-state index in [1.165, 1.54) is 19.3 Å². The summed E-state index contributed by atoms with van der Waals surface area (Å²) in [6.07, 6.45) is 5.46. The van der Waals surface area contributed by atoms with Gasteiger partial charge in [0.2, 0.25) is 5.91 Å². The van der Waals surface area contributed by atoms with Crippen molar-refractivity contribution in [1.82, 2.24) is 0 Å². The largest absolute Gasteiger partial charge is 0.327 e. The molecule has 5 heteroatoms. The molecule has 0 saturated heterocycles. The zero-order chi connectivity index (χ0) is 15.0. The number of nitrogens with one attached hydrogen (secondary N) is 1. The van der Waals surface area contributed by atoms with Gasteiger partial charge in [0.25, 0.3) is 0 Å². The Morgan fingerprint density at radius 2 is 1.91 bits per heavy atom. The third-order valence-electron chi connectivity index (χ3n) is 5.16. The van der Waals surface area contributed by atoms with Gasteiger partial charge in [0.1, 0.15) is 0 Å². The van der Waals surface area contributed by atoms with E-state index in [0.717, 1.165) is 24.1 Å². The lowest BCUT2D eigenvalue weighted by atomic mass is 9.65. The number of halogens is 2. The van der Waals surface area contributed by atoms with Crippen molar-refractivity contribution in [2.75, 3.05) is 5.32 Å². The van der Waals surface area contributed by atoms with Crippen LogP contribution in [0.25, 0.3) is 0 Å². The number of aryl methyl sites for hydroxylation is 1. The van der Waals surface area contributed by atoms with Gasteiger partial charge in [-0.2, -0.15) is 0 Å². The predicted molar refractivity (Wildman–Crippen MR) is 93.6 cm³/mol. The fourth-order valence-electron chi connectivity index (χ4n) is 3.97. The van der Waals surface area contributed by atoms with E-state index in [-0.39, 0.29) is 24.2 Å². The van der Waals surface area contributed by atoms with E-state index >= 15 is 0 Å². The van der Waals surface area contributed by atoms with Crippen LogP contribution in [0.5, 0.6) is 0 Å². The van der Waals surface area contributed by atoms with E-state index in [2.05, 4.69) is 5.32 Å². The first-order valence-corrected chi connectivity index (χ1v) is 8.25. The van der Waals surface area contributed by atoms with Crippen LogP contribution in [-0.4, -0.2) is 11.9 Å². The van der Waals surface area contributed by atoms with E-state index in [1.54, 1.807) is 0 Å². The third kappa shape index (κ3) is 3.58. The number of hydrogen-bond donors (Lipinski definition) is 2. The molecule has 2 aliphatic rings. The van der Waals surface area contributed by atoms with Gasteiger partial charge in [-0.15, -0.1) is 12.4 Å². The molecule has 2 bridgehead atoms. The van der Waals surface area contributed by atoms with Crippen molar-refractivity contribution in [2.24, 2.45) is 23.5 Å². The lowest BCUT2D eigenvalue weighted by molar-refractivity contribution is -0.122. The Balaban J connectivity index is 0.00000176. The van der Waals surface area contributed by atoms with Gasteiger partial charge in [0.15, 0.2) is 0 Å². The summed E-state index contributed by atoms with van der Waals surface area (Å²) < 4.78 is 0. The number of hydrogen-bond acceptors (Lipinski definition) is 2. The van der Waals surface area contributed by atoms with E-state index < -0.39 is 0 Å².